The van der Waals surface area contributed by atoms with E-state index in [4.69, 9.17) is 9.47 Å². The van der Waals surface area contributed by atoms with E-state index in [1.54, 1.807) is 25.3 Å². The summed E-state index contributed by atoms with van der Waals surface area (Å²) >= 11 is 0. The van der Waals surface area contributed by atoms with Crippen LogP contribution in [-0.2, 0) is 6.54 Å². The maximum atomic E-state index is 12.5. The molecule has 0 bridgehead atoms. The largest absolute Gasteiger partial charge is 0.491 e. The summed E-state index contributed by atoms with van der Waals surface area (Å²) in [5, 5.41) is 0. The van der Waals surface area contributed by atoms with Gasteiger partial charge in [0, 0.05) is 23.0 Å². The Morgan fingerprint density at radius 1 is 1.24 bits per heavy atom. The van der Waals surface area contributed by atoms with Crippen LogP contribution in [0.4, 0.5) is 0 Å². The van der Waals surface area contributed by atoms with Gasteiger partial charge in [0.15, 0.2) is 5.75 Å². The van der Waals surface area contributed by atoms with E-state index in [2.05, 4.69) is 11.6 Å². The van der Waals surface area contributed by atoms with E-state index in [9.17, 15) is 4.79 Å². The monoisotopic (exact) mass is 336 g/mol. The standard InChI is InChI=1S/C20H20N2O3/c1-5-6-13(2)22-12-16-9-14(7-8-17(16)20(22)23)15-10-18(24-3)19(25-4)21-11-15/h5-11H,2,12H2,1,3-4H3/b6-5-. The zero-order chi connectivity index (χ0) is 18.0. The SMILES string of the molecule is C=C(/C=C\C)N1Cc2cc(-c3cnc(OC)c(OC)c3)ccc2C1=O. The third-order valence-corrected chi connectivity index (χ3v) is 4.18. The van der Waals surface area contributed by atoms with Gasteiger partial charge >= 0.3 is 0 Å². The molecule has 0 unspecified atom stereocenters. The fourth-order valence-electron chi connectivity index (χ4n) is 2.90. The zero-order valence-corrected chi connectivity index (χ0v) is 14.6. The Bertz CT molecular complexity index is 871. The van der Waals surface area contributed by atoms with Gasteiger partial charge in [-0.1, -0.05) is 18.7 Å². The first-order chi connectivity index (χ1) is 12.1. The number of hydrogen-bond acceptors (Lipinski definition) is 4. The number of carbonyl (C=O) groups excluding carboxylic acids is 1. The molecule has 128 valence electrons. The Morgan fingerprint density at radius 2 is 2.04 bits per heavy atom. The second-order valence-electron chi connectivity index (χ2n) is 5.69. The molecule has 1 aromatic carbocycles. The van der Waals surface area contributed by atoms with Crippen LogP contribution in [-0.4, -0.2) is 30.0 Å². The van der Waals surface area contributed by atoms with Gasteiger partial charge in [0.05, 0.1) is 20.8 Å². The number of hydrogen-bond donors (Lipinski definition) is 0. The van der Waals surface area contributed by atoms with E-state index in [0.29, 0.717) is 29.4 Å². The number of aromatic nitrogens is 1. The minimum Gasteiger partial charge on any atom is -0.491 e. The molecule has 0 radical (unpaired) electrons. The Labute approximate surface area is 147 Å². The molecule has 0 fully saturated rings. The number of rotatable bonds is 5. The van der Waals surface area contributed by atoms with Crippen LogP contribution in [0.2, 0.25) is 0 Å². The highest BCUT2D eigenvalue weighted by atomic mass is 16.5. The summed E-state index contributed by atoms with van der Waals surface area (Å²) in [7, 11) is 3.13. The molecule has 1 aliphatic heterocycles. The molecule has 1 aromatic heterocycles. The number of fused-ring (bicyclic) bond motifs is 1. The highest BCUT2D eigenvalue weighted by molar-refractivity contribution is 6.00. The number of allylic oxidation sites excluding steroid dienone is 2. The second kappa shape index (κ2) is 6.81. The Kier molecular flexibility index (Phi) is 4.57. The zero-order valence-electron chi connectivity index (χ0n) is 14.6. The number of benzene rings is 1. The molecule has 1 amide bonds. The van der Waals surface area contributed by atoms with Gasteiger partial charge in [0.1, 0.15) is 0 Å². The highest BCUT2D eigenvalue weighted by Gasteiger charge is 2.28. The lowest BCUT2D eigenvalue weighted by molar-refractivity contribution is 0.0832. The molecule has 0 saturated carbocycles. The van der Waals surface area contributed by atoms with E-state index in [-0.39, 0.29) is 5.91 Å². The molecule has 2 aromatic rings. The van der Waals surface area contributed by atoms with Crippen LogP contribution in [0.15, 0.2) is 54.9 Å². The van der Waals surface area contributed by atoms with E-state index in [0.717, 1.165) is 16.7 Å². The number of methoxy groups -OCH3 is 2. The van der Waals surface area contributed by atoms with Crippen molar-refractivity contribution in [1.82, 2.24) is 9.88 Å². The van der Waals surface area contributed by atoms with Crippen LogP contribution in [0, 0.1) is 0 Å². The van der Waals surface area contributed by atoms with Crippen molar-refractivity contribution < 1.29 is 14.3 Å². The fourth-order valence-corrected chi connectivity index (χ4v) is 2.90. The van der Waals surface area contributed by atoms with Crippen LogP contribution in [0.1, 0.15) is 22.8 Å². The van der Waals surface area contributed by atoms with Gasteiger partial charge in [0.2, 0.25) is 0 Å². The summed E-state index contributed by atoms with van der Waals surface area (Å²) in [6, 6.07) is 7.66. The van der Waals surface area contributed by atoms with Gasteiger partial charge in [-0.15, -0.1) is 0 Å². The first-order valence-electron chi connectivity index (χ1n) is 7.93. The fraction of sp³-hybridized carbons (Fsp3) is 0.200. The molecular formula is C20H20N2O3. The maximum Gasteiger partial charge on any atom is 0.258 e. The summed E-state index contributed by atoms with van der Waals surface area (Å²) in [5.41, 5.74) is 4.25. The lowest BCUT2D eigenvalue weighted by Crippen LogP contribution is -2.21. The van der Waals surface area contributed by atoms with Crippen molar-refractivity contribution >= 4 is 5.91 Å². The van der Waals surface area contributed by atoms with Crippen LogP contribution >= 0.6 is 0 Å². The van der Waals surface area contributed by atoms with Crippen molar-refractivity contribution in [3.05, 3.63) is 66.0 Å². The van der Waals surface area contributed by atoms with Gasteiger partial charge in [-0.05, 0) is 42.3 Å². The van der Waals surface area contributed by atoms with Gasteiger partial charge in [0.25, 0.3) is 11.8 Å². The van der Waals surface area contributed by atoms with E-state index < -0.39 is 0 Å². The molecule has 25 heavy (non-hydrogen) atoms. The van der Waals surface area contributed by atoms with Crippen LogP contribution < -0.4 is 9.47 Å². The molecule has 5 nitrogen and oxygen atoms in total. The number of ether oxygens (including phenoxy) is 2. The van der Waals surface area contributed by atoms with E-state index in [1.165, 1.54) is 0 Å². The quantitative estimate of drug-likeness (QED) is 0.779. The predicted octanol–water partition coefficient (Wildman–Crippen LogP) is 3.81. The lowest BCUT2D eigenvalue weighted by Gasteiger charge is -2.15. The third kappa shape index (κ3) is 3.01. The smallest absolute Gasteiger partial charge is 0.258 e. The first kappa shape index (κ1) is 16.8. The minimum absolute atomic E-state index is 0.0184. The average molecular weight is 336 g/mol. The van der Waals surface area contributed by atoms with Crippen molar-refractivity contribution in [3.63, 3.8) is 0 Å². The number of pyridine rings is 1. The molecular weight excluding hydrogens is 316 g/mol. The second-order valence-corrected chi connectivity index (χ2v) is 5.69. The molecule has 0 N–H and O–H groups in total. The number of amides is 1. The normalized spacial score (nSPS) is 13.2. The van der Waals surface area contributed by atoms with Gasteiger partial charge in [-0.25, -0.2) is 4.98 Å². The highest BCUT2D eigenvalue weighted by Crippen LogP contribution is 2.33. The molecule has 0 saturated heterocycles. The van der Waals surface area contributed by atoms with Crippen molar-refractivity contribution in [3.8, 4) is 22.8 Å². The molecule has 2 heterocycles. The van der Waals surface area contributed by atoms with Crippen molar-refractivity contribution in [2.75, 3.05) is 14.2 Å². The van der Waals surface area contributed by atoms with E-state index in [1.807, 2.05) is 43.3 Å². The lowest BCUT2D eigenvalue weighted by atomic mass is 10.0. The Hall–Kier alpha value is -3.08. The summed E-state index contributed by atoms with van der Waals surface area (Å²) in [6.45, 7) is 6.38. The molecule has 0 atom stereocenters. The van der Waals surface area contributed by atoms with Gasteiger partial charge < -0.3 is 14.4 Å². The van der Waals surface area contributed by atoms with E-state index >= 15 is 0 Å². The van der Waals surface area contributed by atoms with Crippen LogP contribution in [0.3, 0.4) is 0 Å². The molecule has 0 spiro atoms. The van der Waals surface area contributed by atoms with Crippen LogP contribution in [0.5, 0.6) is 11.6 Å². The number of carbonyl (C=O) groups is 1. The van der Waals surface area contributed by atoms with Crippen LogP contribution in [0.25, 0.3) is 11.1 Å². The molecule has 0 aliphatic carbocycles. The predicted molar refractivity (Wildman–Crippen MR) is 96.6 cm³/mol. The molecule has 1 aliphatic rings. The maximum absolute atomic E-state index is 12.5. The van der Waals surface area contributed by atoms with Crippen molar-refractivity contribution in [2.45, 2.75) is 13.5 Å². The number of nitrogens with zero attached hydrogens (tertiary/aromatic N) is 2. The van der Waals surface area contributed by atoms with Gasteiger partial charge in [-0.2, -0.15) is 0 Å². The molecule has 5 heteroatoms. The summed E-state index contributed by atoms with van der Waals surface area (Å²) in [5.74, 6) is 0.992. The topological polar surface area (TPSA) is 51.7 Å². The van der Waals surface area contributed by atoms with Gasteiger partial charge in [-0.3, -0.25) is 4.79 Å². The Morgan fingerprint density at radius 3 is 2.72 bits per heavy atom. The van der Waals surface area contributed by atoms with Crippen molar-refractivity contribution in [1.29, 1.82) is 0 Å². The van der Waals surface area contributed by atoms with Crippen molar-refractivity contribution in [2.24, 2.45) is 0 Å². The first-order valence-corrected chi connectivity index (χ1v) is 7.93. The summed E-state index contributed by atoms with van der Waals surface area (Å²) in [4.78, 5) is 18.5. The Balaban J connectivity index is 1.95. The third-order valence-electron chi connectivity index (χ3n) is 4.18. The minimum atomic E-state index is -0.0184. The summed E-state index contributed by atoms with van der Waals surface area (Å²) in [6.07, 6.45) is 5.44. The summed E-state index contributed by atoms with van der Waals surface area (Å²) < 4.78 is 10.5. The average Bonchev–Trinajstić information content (AvgIpc) is 2.97. The molecule has 3 rings (SSSR count).